The molecule has 5 rings (SSSR count). The van der Waals surface area contributed by atoms with E-state index < -0.39 is 6.04 Å². The number of ether oxygens (including phenoxy) is 1. The highest BCUT2D eigenvalue weighted by Crippen LogP contribution is 2.44. The van der Waals surface area contributed by atoms with Gasteiger partial charge in [-0.1, -0.05) is 42.5 Å². The number of methoxy groups -OCH3 is 1. The average molecular weight is 414 g/mol. The van der Waals surface area contributed by atoms with E-state index in [4.69, 9.17) is 4.74 Å². The smallest absolute Gasteiger partial charge is 0.163 e. The topological polar surface area (TPSA) is 50.4 Å². The molecular formula is C26H23FN2O2. The van der Waals surface area contributed by atoms with Gasteiger partial charge in [0.25, 0.3) is 0 Å². The number of halogens is 1. The zero-order valence-electron chi connectivity index (χ0n) is 17.2. The van der Waals surface area contributed by atoms with Crippen LogP contribution in [0.3, 0.4) is 0 Å². The Balaban J connectivity index is 1.61. The molecule has 4 nitrogen and oxygen atoms in total. The fourth-order valence-corrected chi connectivity index (χ4v) is 4.57. The molecule has 156 valence electrons. The zero-order chi connectivity index (χ0) is 21.4. The van der Waals surface area contributed by atoms with Crippen LogP contribution in [-0.4, -0.2) is 12.9 Å². The maximum absolute atomic E-state index is 14.8. The second-order valence-corrected chi connectivity index (χ2v) is 7.97. The van der Waals surface area contributed by atoms with E-state index in [-0.39, 0.29) is 17.5 Å². The van der Waals surface area contributed by atoms with Crippen molar-refractivity contribution in [2.45, 2.75) is 24.8 Å². The van der Waals surface area contributed by atoms with Crippen LogP contribution in [-0.2, 0) is 4.79 Å². The lowest BCUT2D eigenvalue weighted by atomic mass is 9.78. The maximum atomic E-state index is 14.8. The number of hydrogen-bond donors (Lipinski definition) is 2. The van der Waals surface area contributed by atoms with Crippen LogP contribution in [0.15, 0.2) is 84.1 Å². The highest BCUT2D eigenvalue weighted by molar-refractivity contribution is 6.01. The van der Waals surface area contributed by atoms with E-state index in [0.717, 1.165) is 28.4 Å². The van der Waals surface area contributed by atoms with Crippen molar-refractivity contribution in [1.29, 1.82) is 0 Å². The molecule has 1 aliphatic heterocycles. The van der Waals surface area contributed by atoms with Crippen molar-refractivity contribution in [3.63, 3.8) is 0 Å². The van der Waals surface area contributed by atoms with Crippen molar-refractivity contribution >= 4 is 17.2 Å². The first kappa shape index (κ1) is 19.4. The lowest BCUT2D eigenvalue weighted by Crippen LogP contribution is -2.27. The number of fused-ring (bicyclic) bond motifs is 1. The van der Waals surface area contributed by atoms with E-state index in [2.05, 4.69) is 10.6 Å². The second-order valence-electron chi connectivity index (χ2n) is 7.97. The summed E-state index contributed by atoms with van der Waals surface area (Å²) in [5, 5.41) is 6.90. The van der Waals surface area contributed by atoms with Crippen molar-refractivity contribution in [2.75, 3.05) is 17.7 Å². The van der Waals surface area contributed by atoms with E-state index in [9.17, 15) is 9.18 Å². The Morgan fingerprint density at radius 2 is 1.71 bits per heavy atom. The molecule has 3 aromatic carbocycles. The molecule has 0 radical (unpaired) electrons. The van der Waals surface area contributed by atoms with Gasteiger partial charge < -0.3 is 15.4 Å². The summed E-state index contributed by atoms with van der Waals surface area (Å²) in [7, 11) is 1.64. The van der Waals surface area contributed by atoms with Crippen LogP contribution in [0, 0.1) is 5.82 Å². The van der Waals surface area contributed by atoms with Crippen LogP contribution >= 0.6 is 0 Å². The summed E-state index contributed by atoms with van der Waals surface area (Å²) in [6.45, 7) is 0. The van der Waals surface area contributed by atoms with Gasteiger partial charge in [-0.15, -0.1) is 0 Å². The van der Waals surface area contributed by atoms with Crippen LogP contribution in [0.1, 0.15) is 35.9 Å². The molecule has 0 spiro atoms. The van der Waals surface area contributed by atoms with E-state index in [1.54, 1.807) is 25.3 Å². The standard InChI is InChI=1S/C26H23FN2O2/c1-31-18-8-6-7-16(13-18)17-14-23-25(24(30)15-17)26(19-9-2-3-10-20(19)27)29-22-12-5-4-11-21(22)28-23/h2-13,17,26,28-29H,14-15H2,1H3. The summed E-state index contributed by atoms with van der Waals surface area (Å²) in [4.78, 5) is 13.5. The molecule has 2 aliphatic rings. The minimum absolute atomic E-state index is 0.0233. The lowest BCUT2D eigenvalue weighted by Gasteiger charge is -2.30. The van der Waals surface area contributed by atoms with E-state index >= 15 is 0 Å². The normalized spacial score (nSPS) is 20.1. The molecule has 3 aromatic rings. The molecule has 0 amide bonds. The molecule has 0 saturated heterocycles. The van der Waals surface area contributed by atoms with Gasteiger partial charge in [0.15, 0.2) is 5.78 Å². The number of carbonyl (C=O) groups excluding carboxylic acids is 1. The number of para-hydroxylation sites is 2. The predicted octanol–water partition coefficient (Wildman–Crippen LogP) is 5.81. The molecule has 31 heavy (non-hydrogen) atoms. The fourth-order valence-electron chi connectivity index (χ4n) is 4.57. The van der Waals surface area contributed by atoms with Gasteiger partial charge in [0.2, 0.25) is 0 Å². The van der Waals surface area contributed by atoms with Crippen molar-refractivity contribution in [3.8, 4) is 5.75 Å². The third kappa shape index (κ3) is 3.56. The third-order valence-corrected chi connectivity index (χ3v) is 6.09. The first-order valence-electron chi connectivity index (χ1n) is 10.4. The van der Waals surface area contributed by atoms with Crippen LogP contribution in [0.5, 0.6) is 5.75 Å². The molecule has 2 N–H and O–H groups in total. The van der Waals surface area contributed by atoms with Crippen molar-refractivity contribution in [2.24, 2.45) is 0 Å². The van der Waals surface area contributed by atoms with Gasteiger partial charge in [0.05, 0.1) is 24.5 Å². The molecule has 1 heterocycles. The number of benzene rings is 3. The number of ketones is 1. The average Bonchev–Trinajstić information content (AvgIpc) is 2.96. The zero-order valence-corrected chi connectivity index (χ0v) is 17.2. The quantitative estimate of drug-likeness (QED) is 0.568. The first-order valence-corrected chi connectivity index (χ1v) is 10.4. The van der Waals surface area contributed by atoms with Crippen LogP contribution < -0.4 is 15.4 Å². The molecule has 1 aliphatic carbocycles. The Morgan fingerprint density at radius 3 is 2.52 bits per heavy atom. The van der Waals surface area contributed by atoms with Gasteiger partial charge in [-0.05, 0) is 48.2 Å². The fraction of sp³-hybridized carbons (Fsp3) is 0.192. The van der Waals surface area contributed by atoms with E-state index in [1.165, 1.54) is 6.07 Å². The van der Waals surface area contributed by atoms with Gasteiger partial charge in [-0.2, -0.15) is 0 Å². The van der Waals surface area contributed by atoms with Gasteiger partial charge >= 0.3 is 0 Å². The first-order chi connectivity index (χ1) is 15.1. The summed E-state index contributed by atoms with van der Waals surface area (Å²) in [6, 6.07) is 21.7. The maximum Gasteiger partial charge on any atom is 0.163 e. The van der Waals surface area contributed by atoms with Gasteiger partial charge in [0.1, 0.15) is 11.6 Å². The summed E-state index contributed by atoms with van der Waals surface area (Å²) >= 11 is 0. The summed E-state index contributed by atoms with van der Waals surface area (Å²) in [5.74, 6) is 0.499. The number of hydrogen-bond acceptors (Lipinski definition) is 4. The molecule has 0 aromatic heterocycles. The third-order valence-electron chi connectivity index (χ3n) is 6.09. The van der Waals surface area contributed by atoms with Crippen molar-refractivity contribution in [3.05, 3.63) is 101 Å². The molecule has 0 bridgehead atoms. The van der Waals surface area contributed by atoms with Crippen LogP contribution in [0.4, 0.5) is 15.8 Å². The van der Waals surface area contributed by atoms with Gasteiger partial charge in [0, 0.05) is 23.3 Å². The summed E-state index contributed by atoms with van der Waals surface area (Å²) in [6.07, 6.45) is 1.03. The summed E-state index contributed by atoms with van der Waals surface area (Å²) in [5.41, 5.74) is 4.72. The molecular weight excluding hydrogens is 391 g/mol. The molecule has 2 atom stereocenters. The highest BCUT2D eigenvalue weighted by Gasteiger charge is 2.36. The van der Waals surface area contributed by atoms with E-state index in [1.807, 2.05) is 48.5 Å². The lowest BCUT2D eigenvalue weighted by molar-refractivity contribution is -0.116. The summed E-state index contributed by atoms with van der Waals surface area (Å²) < 4.78 is 20.2. The molecule has 0 fully saturated rings. The SMILES string of the molecule is COc1cccc(C2CC(=O)C3=C(C2)Nc2ccccc2NC3c2ccccc2F)c1. The number of nitrogens with one attached hydrogen (secondary N) is 2. The number of anilines is 2. The predicted molar refractivity (Wildman–Crippen MR) is 120 cm³/mol. The van der Waals surface area contributed by atoms with Crippen molar-refractivity contribution < 1.29 is 13.9 Å². The largest absolute Gasteiger partial charge is 0.497 e. The molecule has 2 unspecified atom stereocenters. The monoisotopic (exact) mass is 414 g/mol. The molecule has 5 heteroatoms. The molecule has 0 saturated carbocycles. The Morgan fingerprint density at radius 1 is 0.935 bits per heavy atom. The van der Waals surface area contributed by atoms with Crippen LogP contribution in [0.25, 0.3) is 0 Å². The minimum atomic E-state index is -0.550. The Bertz CT molecular complexity index is 1190. The van der Waals surface area contributed by atoms with Crippen molar-refractivity contribution in [1.82, 2.24) is 0 Å². The highest BCUT2D eigenvalue weighted by atomic mass is 19.1. The van der Waals surface area contributed by atoms with Crippen LogP contribution in [0.2, 0.25) is 0 Å². The van der Waals surface area contributed by atoms with Gasteiger partial charge in [-0.3, -0.25) is 4.79 Å². The number of rotatable bonds is 3. The number of carbonyl (C=O) groups is 1. The Kier molecular flexibility index (Phi) is 4.94. The number of Topliss-reactive ketones (excluding diaryl/α,β-unsaturated/α-hetero) is 1. The minimum Gasteiger partial charge on any atom is -0.497 e. The Labute approximate surface area is 180 Å². The second kappa shape index (κ2) is 7.91. The Hall–Kier alpha value is -3.60. The van der Waals surface area contributed by atoms with E-state index in [0.29, 0.717) is 24.0 Å². The number of allylic oxidation sites excluding steroid dienone is 1. The van der Waals surface area contributed by atoms with Gasteiger partial charge in [-0.25, -0.2) is 4.39 Å².